The number of benzene rings is 2. The molecular weight excluding hydrogens is 438 g/mol. The number of non-ortho nitro benzene ring substituents is 1. The Bertz CT molecular complexity index is 1080. The van der Waals surface area contributed by atoms with Gasteiger partial charge in [0.2, 0.25) is 15.9 Å². The molecule has 0 aliphatic carbocycles. The molecule has 1 N–H and O–H groups in total. The number of nitrogens with zero attached hydrogens (tertiary/aromatic N) is 2. The van der Waals surface area contributed by atoms with Crippen LogP contribution in [0.3, 0.4) is 0 Å². The van der Waals surface area contributed by atoms with Gasteiger partial charge < -0.3 is 14.8 Å². The van der Waals surface area contributed by atoms with Crippen LogP contribution in [0.15, 0.2) is 59.5 Å². The van der Waals surface area contributed by atoms with Crippen LogP contribution in [-0.2, 0) is 19.6 Å². The summed E-state index contributed by atoms with van der Waals surface area (Å²) < 4.78 is 37.3. The average molecular weight is 461 g/mol. The van der Waals surface area contributed by atoms with Crippen molar-refractivity contribution in [3.8, 4) is 5.75 Å². The Morgan fingerprint density at radius 1 is 1.19 bits per heavy atom. The first kappa shape index (κ1) is 23.4. The van der Waals surface area contributed by atoms with E-state index in [9.17, 15) is 23.3 Å². The van der Waals surface area contributed by atoms with E-state index in [1.807, 2.05) is 0 Å². The van der Waals surface area contributed by atoms with E-state index in [-0.39, 0.29) is 29.6 Å². The number of hydrogen-bond acceptors (Lipinski definition) is 7. The van der Waals surface area contributed by atoms with E-state index in [1.54, 1.807) is 24.3 Å². The van der Waals surface area contributed by atoms with E-state index in [2.05, 4.69) is 5.32 Å². The lowest BCUT2D eigenvalue weighted by molar-refractivity contribution is -0.384. The highest BCUT2D eigenvalue weighted by Gasteiger charge is 2.26. The van der Waals surface area contributed by atoms with Gasteiger partial charge in [-0.15, -0.1) is 0 Å². The van der Waals surface area contributed by atoms with Crippen LogP contribution < -0.4 is 10.1 Å². The van der Waals surface area contributed by atoms with Crippen LogP contribution in [0.5, 0.6) is 5.75 Å². The Morgan fingerprint density at radius 2 is 1.91 bits per heavy atom. The van der Waals surface area contributed by atoms with Crippen LogP contribution >= 0.6 is 0 Å². The normalized spacial score (nSPS) is 14.9. The van der Waals surface area contributed by atoms with E-state index < -0.39 is 14.9 Å². The number of carbonyl (C=O) groups excluding carboxylic acids is 1. The molecule has 1 amide bonds. The molecule has 0 bridgehead atoms. The molecule has 0 atom stereocenters. The van der Waals surface area contributed by atoms with Crippen LogP contribution in [0.4, 0.5) is 5.69 Å². The van der Waals surface area contributed by atoms with Crippen molar-refractivity contribution in [2.24, 2.45) is 0 Å². The minimum atomic E-state index is -3.56. The fraction of sp³-hybridized carbons (Fsp3) is 0.286. The van der Waals surface area contributed by atoms with Crippen LogP contribution in [0.1, 0.15) is 5.56 Å². The van der Waals surface area contributed by atoms with E-state index in [0.717, 1.165) is 0 Å². The number of rotatable bonds is 9. The lowest BCUT2D eigenvalue weighted by Crippen LogP contribution is -2.40. The SMILES string of the molecule is O=C(/C=C/c1cccc([N+](=O)[O-])c1)NCCOc1ccc(S(=O)(=O)N2CCOCC2)cc1. The van der Waals surface area contributed by atoms with Crippen molar-refractivity contribution in [3.05, 3.63) is 70.3 Å². The molecule has 1 heterocycles. The van der Waals surface area contributed by atoms with Crippen LogP contribution in [0.2, 0.25) is 0 Å². The molecule has 0 radical (unpaired) electrons. The summed E-state index contributed by atoms with van der Waals surface area (Å²) >= 11 is 0. The van der Waals surface area contributed by atoms with Gasteiger partial charge in [-0.2, -0.15) is 4.31 Å². The molecule has 1 aliphatic heterocycles. The predicted octanol–water partition coefficient (Wildman–Crippen LogP) is 1.82. The maximum Gasteiger partial charge on any atom is 0.270 e. The summed E-state index contributed by atoms with van der Waals surface area (Å²) in [7, 11) is -3.56. The second-order valence-electron chi connectivity index (χ2n) is 6.81. The van der Waals surface area contributed by atoms with E-state index in [0.29, 0.717) is 37.6 Å². The first-order valence-corrected chi connectivity index (χ1v) is 11.3. The zero-order chi connectivity index (χ0) is 23.0. The Morgan fingerprint density at radius 3 is 2.59 bits per heavy atom. The highest BCUT2D eigenvalue weighted by Crippen LogP contribution is 2.20. The summed E-state index contributed by atoms with van der Waals surface area (Å²) in [6, 6.07) is 12.1. The Kier molecular flexibility index (Phi) is 7.92. The maximum absolute atomic E-state index is 12.6. The van der Waals surface area contributed by atoms with Gasteiger partial charge in [0.05, 0.1) is 29.6 Å². The standard InChI is InChI=1S/C21H23N3O7S/c25-21(9-4-17-2-1-3-18(16-17)24(26)27)22-10-13-31-19-5-7-20(8-6-19)32(28,29)23-11-14-30-15-12-23/h1-9,16H,10-15H2,(H,22,25)/b9-4+. The molecule has 10 nitrogen and oxygen atoms in total. The molecule has 0 unspecified atom stereocenters. The number of morpholine rings is 1. The molecule has 0 spiro atoms. The molecule has 0 saturated carbocycles. The number of nitro benzene ring substituents is 1. The summed E-state index contributed by atoms with van der Waals surface area (Å²) in [6.45, 7) is 1.84. The highest BCUT2D eigenvalue weighted by atomic mass is 32.2. The minimum absolute atomic E-state index is 0.0512. The quantitative estimate of drug-likeness (QED) is 0.261. The number of carbonyl (C=O) groups is 1. The number of nitro groups is 1. The lowest BCUT2D eigenvalue weighted by Gasteiger charge is -2.26. The summed E-state index contributed by atoms with van der Waals surface area (Å²) in [4.78, 5) is 22.3. The Balaban J connectivity index is 1.44. The van der Waals surface area contributed by atoms with Gasteiger partial charge in [-0.25, -0.2) is 8.42 Å². The lowest BCUT2D eigenvalue weighted by atomic mass is 10.2. The molecule has 2 aromatic rings. The first-order valence-electron chi connectivity index (χ1n) is 9.87. The number of amides is 1. The van der Waals surface area contributed by atoms with Crippen molar-refractivity contribution in [1.29, 1.82) is 0 Å². The molecule has 170 valence electrons. The minimum Gasteiger partial charge on any atom is -0.492 e. The van der Waals surface area contributed by atoms with Crippen LogP contribution in [-0.4, -0.2) is 63.0 Å². The Labute approximate surface area is 185 Å². The van der Waals surface area contributed by atoms with E-state index in [1.165, 1.54) is 40.7 Å². The second-order valence-corrected chi connectivity index (χ2v) is 8.75. The van der Waals surface area contributed by atoms with Gasteiger partial charge in [-0.05, 0) is 35.9 Å². The monoisotopic (exact) mass is 461 g/mol. The van der Waals surface area contributed by atoms with Gasteiger partial charge in [-0.3, -0.25) is 14.9 Å². The number of sulfonamides is 1. The van der Waals surface area contributed by atoms with Gasteiger partial charge in [0.15, 0.2) is 0 Å². The van der Waals surface area contributed by atoms with Crippen molar-refractivity contribution >= 4 is 27.7 Å². The predicted molar refractivity (Wildman–Crippen MR) is 117 cm³/mol. The summed E-state index contributed by atoms with van der Waals surface area (Å²) in [5.41, 5.74) is 0.488. The van der Waals surface area contributed by atoms with Crippen molar-refractivity contribution in [2.75, 3.05) is 39.5 Å². The molecular formula is C21H23N3O7S. The zero-order valence-electron chi connectivity index (χ0n) is 17.2. The van der Waals surface area contributed by atoms with Crippen LogP contribution in [0.25, 0.3) is 6.08 Å². The zero-order valence-corrected chi connectivity index (χ0v) is 18.0. The largest absolute Gasteiger partial charge is 0.492 e. The maximum atomic E-state index is 12.6. The van der Waals surface area contributed by atoms with Gasteiger partial charge in [0.1, 0.15) is 12.4 Å². The average Bonchev–Trinajstić information content (AvgIpc) is 2.81. The molecule has 11 heteroatoms. The number of hydrogen-bond donors (Lipinski definition) is 1. The number of ether oxygens (including phenoxy) is 2. The molecule has 3 rings (SSSR count). The third-order valence-corrected chi connectivity index (χ3v) is 6.52. The summed E-state index contributed by atoms with van der Waals surface area (Å²) in [5, 5.41) is 13.4. The van der Waals surface area contributed by atoms with Gasteiger partial charge in [0.25, 0.3) is 5.69 Å². The van der Waals surface area contributed by atoms with E-state index >= 15 is 0 Å². The highest BCUT2D eigenvalue weighted by molar-refractivity contribution is 7.89. The van der Waals surface area contributed by atoms with E-state index in [4.69, 9.17) is 9.47 Å². The molecule has 1 saturated heterocycles. The summed E-state index contributed by atoms with van der Waals surface area (Å²) in [5.74, 6) is 0.111. The molecule has 1 aliphatic rings. The van der Waals surface area contributed by atoms with Gasteiger partial charge in [0, 0.05) is 31.3 Å². The molecule has 32 heavy (non-hydrogen) atoms. The van der Waals surface area contributed by atoms with Crippen LogP contribution in [0, 0.1) is 10.1 Å². The second kappa shape index (κ2) is 10.8. The Hall–Kier alpha value is -3.28. The third-order valence-electron chi connectivity index (χ3n) is 4.61. The van der Waals surface area contributed by atoms with Gasteiger partial charge >= 0.3 is 0 Å². The smallest absolute Gasteiger partial charge is 0.270 e. The third kappa shape index (κ3) is 6.36. The van der Waals surface area contributed by atoms with Crippen molar-refractivity contribution < 1.29 is 27.6 Å². The van der Waals surface area contributed by atoms with Gasteiger partial charge in [-0.1, -0.05) is 12.1 Å². The fourth-order valence-corrected chi connectivity index (χ4v) is 4.37. The first-order chi connectivity index (χ1) is 15.4. The summed E-state index contributed by atoms with van der Waals surface area (Å²) in [6.07, 6.45) is 2.77. The van der Waals surface area contributed by atoms with Crippen molar-refractivity contribution in [1.82, 2.24) is 9.62 Å². The van der Waals surface area contributed by atoms with Crippen molar-refractivity contribution in [3.63, 3.8) is 0 Å². The molecule has 2 aromatic carbocycles. The molecule has 1 fully saturated rings. The molecule has 0 aromatic heterocycles. The van der Waals surface area contributed by atoms with Crippen molar-refractivity contribution in [2.45, 2.75) is 4.90 Å². The number of nitrogens with one attached hydrogen (secondary N) is 1. The fourth-order valence-electron chi connectivity index (χ4n) is 2.96. The topological polar surface area (TPSA) is 128 Å².